The van der Waals surface area contributed by atoms with Gasteiger partial charge in [-0.1, -0.05) is 37.2 Å². The maximum absolute atomic E-state index is 12.4. The predicted octanol–water partition coefficient (Wildman–Crippen LogP) is -11.7. The molecule has 3 atom stereocenters. The number of carbonyl (C=O) groups is 1. The van der Waals surface area contributed by atoms with Crippen molar-refractivity contribution in [1.82, 2.24) is 0 Å². The van der Waals surface area contributed by atoms with Crippen LogP contribution in [0.5, 0.6) is 0 Å². The maximum atomic E-state index is 12.4. The fraction of sp³-hybridized carbons (Fsp3) is 0.929. The van der Waals surface area contributed by atoms with E-state index in [1.807, 2.05) is 0 Å². The van der Waals surface area contributed by atoms with Gasteiger partial charge < -0.3 is 46.8 Å². The van der Waals surface area contributed by atoms with Crippen molar-refractivity contribution in [3.63, 3.8) is 0 Å². The average molecular weight is 557 g/mol. The van der Waals surface area contributed by atoms with E-state index in [0.717, 1.165) is 0 Å². The van der Waals surface area contributed by atoms with Gasteiger partial charge in [-0.3, -0.25) is 4.79 Å². The fourth-order valence-electron chi connectivity index (χ4n) is 2.54. The molecule has 0 aliphatic rings. The van der Waals surface area contributed by atoms with Crippen LogP contribution >= 0.6 is 15.4 Å². The Kier molecular flexibility index (Phi) is 34.8. The van der Waals surface area contributed by atoms with Gasteiger partial charge in [0.2, 0.25) is 0 Å². The van der Waals surface area contributed by atoms with Crippen molar-refractivity contribution < 1.29 is 170 Å². The summed E-state index contributed by atoms with van der Waals surface area (Å²) in [7, 11) is -12.8. The summed E-state index contributed by atoms with van der Waals surface area (Å²) in [6, 6.07) is 0. The minimum atomic E-state index is -5.64. The van der Waals surface area contributed by atoms with E-state index in [9.17, 15) is 37.0 Å². The average Bonchev–Trinajstić information content (AvgIpc) is 2.39. The van der Waals surface area contributed by atoms with Crippen LogP contribution in [0.2, 0.25) is 0 Å². The van der Waals surface area contributed by atoms with E-state index in [4.69, 9.17) is 4.74 Å². The molecule has 18 heteroatoms. The Balaban J connectivity index is -0.000000338. The van der Waals surface area contributed by atoms with Crippen molar-refractivity contribution in [2.45, 2.75) is 53.1 Å². The second-order valence-corrected chi connectivity index (χ2v) is 11.3. The van der Waals surface area contributed by atoms with Crippen LogP contribution < -0.4 is 133 Å². The van der Waals surface area contributed by atoms with E-state index in [0.29, 0.717) is 6.42 Å². The molecule has 0 saturated carbocycles. The number of ether oxygens (including phenoxy) is 1. The smallest absolute Gasteiger partial charge is 0.870 e. The second-order valence-electron chi connectivity index (χ2n) is 7.14. The molecule has 1 N–H and O–H groups in total. The summed E-state index contributed by atoms with van der Waals surface area (Å²) in [6.45, 7) is 6.39. The van der Waals surface area contributed by atoms with Crippen molar-refractivity contribution in [1.29, 1.82) is 0 Å². The summed E-state index contributed by atoms with van der Waals surface area (Å²) in [5.41, 5.74) is -0.696. The van der Waals surface area contributed by atoms with Crippen molar-refractivity contribution in [3.05, 3.63) is 0 Å². The third-order valence-electron chi connectivity index (χ3n) is 3.72. The van der Waals surface area contributed by atoms with Crippen LogP contribution in [0, 0.1) is 11.3 Å². The molecule has 0 aliphatic heterocycles. The third-order valence-corrected chi connectivity index (χ3v) is 7.26. The quantitative estimate of drug-likeness (QED) is 0.111. The van der Waals surface area contributed by atoms with Gasteiger partial charge in [0.1, 0.15) is 13.4 Å². The first-order chi connectivity index (χ1) is 12.1. The van der Waals surface area contributed by atoms with E-state index < -0.39 is 56.3 Å². The van der Waals surface area contributed by atoms with Gasteiger partial charge in [0.15, 0.2) is 0 Å². The monoisotopic (exact) mass is 557 g/mol. The minimum absolute atomic E-state index is 0. The minimum Gasteiger partial charge on any atom is -0.870 e. The van der Waals surface area contributed by atoms with E-state index >= 15 is 0 Å². The van der Waals surface area contributed by atoms with E-state index in [1.54, 1.807) is 27.7 Å². The number of Topliss-reactive ketones (excluding diaryl/α,β-unsaturated/α-hetero) is 1. The van der Waals surface area contributed by atoms with Crippen molar-refractivity contribution in [3.8, 4) is 0 Å². The molecule has 0 heterocycles. The molecule has 11 nitrogen and oxygen atoms in total. The first-order valence-corrected chi connectivity index (χ1v) is 12.7. The molecule has 0 spiro atoms. The molecule has 0 aromatic carbocycles. The van der Waals surface area contributed by atoms with Crippen LogP contribution in [0.25, 0.3) is 0 Å². The number of phosphoric acid groups is 1. The van der Waals surface area contributed by atoms with Crippen LogP contribution in [-0.2, 0) is 42.1 Å². The Morgan fingerprint density at radius 1 is 1.06 bits per heavy atom. The van der Waals surface area contributed by atoms with Gasteiger partial charge in [0.25, 0.3) is 0 Å². The Bertz CT molecular complexity index is 665. The zero-order chi connectivity index (χ0) is 21.5. The second kappa shape index (κ2) is 22.8. The Morgan fingerprint density at radius 3 is 1.91 bits per heavy atom. The Labute approximate surface area is 280 Å². The van der Waals surface area contributed by atoms with Crippen LogP contribution in [0.3, 0.4) is 0 Å². The Morgan fingerprint density at radius 2 is 1.53 bits per heavy atom. The van der Waals surface area contributed by atoms with E-state index in [-0.39, 0.29) is 148 Å². The number of ketones is 1. The molecule has 0 aromatic heterocycles. The summed E-state index contributed by atoms with van der Waals surface area (Å²) in [5, 5.41) is 0. The third kappa shape index (κ3) is 26.9. The SMILES string of the molecule is CCC(CC(C)OCCP(=O)([O-])OP(=O)([O-])[O-])C(=O)CC(C)(C)C[S-](=O)=O.[Na+].[Na+].[Na+].[Na+].[OH-]. The molecule has 170 valence electrons. The summed E-state index contributed by atoms with van der Waals surface area (Å²) < 4.78 is 52.1. The summed E-state index contributed by atoms with van der Waals surface area (Å²) in [4.78, 5) is 44.4. The van der Waals surface area contributed by atoms with Gasteiger partial charge in [-0.05, 0) is 25.2 Å². The topological polar surface area (TPSA) is 203 Å². The standard InChI is InChI=1S/C14H29O10P2S.4Na.H2O/c1-5-12(13(15)9-14(3,4)10-27(21)22)8-11(2)23-6-7-25(16,17)24-26(18,19)20;;;;;/h11-12H,5-10H2,1-4H3,(H,16,17)(H2,18,19,20);;;;;1H2/q-1;4*+1;/p-4. The molecule has 0 fully saturated rings. The number of rotatable bonds is 14. The van der Waals surface area contributed by atoms with Crippen LogP contribution in [-0.4, -0.2) is 35.9 Å². The maximum Gasteiger partial charge on any atom is 1.00 e. The van der Waals surface area contributed by atoms with Gasteiger partial charge in [0, 0.05) is 18.5 Å². The molecule has 0 aliphatic carbocycles. The number of hydrogen-bond donors (Lipinski definition) is 0. The van der Waals surface area contributed by atoms with E-state index in [1.165, 1.54) is 0 Å². The molecule has 0 radical (unpaired) electrons. The molecule has 0 aromatic rings. The first kappa shape index (κ1) is 48.9. The molecule has 0 saturated heterocycles. The largest absolute Gasteiger partial charge is 1.00 e. The molecule has 0 amide bonds. The van der Waals surface area contributed by atoms with E-state index in [2.05, 4.69) is 4.31 Å². The zero-order valence-electron chi connectivity index (χ0n) is 20.2. The molecular weight excluding hydrogens is 530 g/mol. The zero-order valence-corrected chi connectivity index (χ0v) is 30.8. The molecule has 3 unspecified atom stereocenters. The van der Waals surface area contributed by atoms with Crippen LogP contribution in [0.4, 0.5) is 0 Å². The number of hydrogen-bond acceptors (Lipinski definition) is 12. The van der Waals surface area contributed by atoms with Crippen molar-refractivity contribution in [2.24, 2.45) is 11.3 Å². The van der Waals surface area contributed by atoms with Gasteiger partial charge in [-0.25, -0.2) is 0 Å². The van der Waals surface area contributed by atoms with Gasteiger partial charge in [0.05, 0.1) is 20.5 Å². The number of carbonyl (C=O) groups excluding carboxylic acids is 1. The molecule has 32 heavy (non-hydrogen) atoms. The van der Waals surface area contributed by atoms with Crippen molar-refractivity contribution in [2.75, 3.05) is 18.5 Å². The molecular formula is C14H27Na4O11P2S-. The van der Waals surface area contributed by atoms with Gasteiger partial charge in [-0.15, -0.1) is 0 Å². The van der Waals surface area contributed by atoms with Crippen LogP contribution in [0.15, 0.2) is 0 Å². The van der Waals surface area contributed by atoms with Gasteiger partial charge >= 0.3 is 118 Å². The predicted molar refractivity (Wildman–Crippen MR) is 93.9 cm³/mol. The fourth-order valence-corrected chi connectivity index (χ4v) is 5.15. The molecule has 0 bridgehead atoms. The normalized spacial score (nSPS) is 14.8. The summed E-state index contributed by atoms with van der Waals surface area (Å²) in [6.07, 6.45) is -0.432. The van der Waals surface area contributed by atoms with Gasteiger partial charge in [-0.2, -0.15) is 0 Å². The van der Waals surface area contributed by atoms with Crippen molar-refractivity contribution >= 4 is 31.9 Å². The molecule has 0 rings (SSSR count). The summed E-state index contributed by atoms with van der Waals surface area (Å²) >= 11 is 0. The Hall–Kier alpha value is 3.84. The first-order valence-electron chi connectivity index (χ1n) is 8.30. The summed E-state index contributed by atoms with van der Waals surface area (Å²) in [5.74, 6) is -0.637. The van der Waals surface area contributed by atoms with Crippen LogP contribution in [0.1, 0.15) is 47.0 Å².